The van der Waals surface area contributed by atoms with Crippen LogP contribution in [-0.4, -0.2) is 24.1 Å². The van der Waals surface area contributed by atoms with Crippen LogP contribution in [0.5, 0.6) is 0 Å². The summed E-state index contributed by atoms with van der Waals surface area (Å²) in [6.07, 6.45) is 3.20. The summed E-state index contributed by atoms with van der Waals surface area (Å²) in [5, 5.41) is 4.23. The Bertz CT molecular complexity index is 731. The monoisotopic (exact) mass is 268 g/mol. The van der Waals surface area contributed by atoms with Crippen LogP contribution in [0.4, 0.5) is 17.2 Å². The summed E-state index contributed by atoms with van der Waals surface area (Å²) in [6, 6.07) is 8.17. The minimum atomic E-state index is 0.602. The number of nitrogens with zero attached hydrogens (tertiary/aromatic N) is 3. The van der Waals surface area contributed by atoms with E-state index in [1.165, 1.54) is 6.33 Å². The number of aryl methyl sites for hydroxylation is 1. The van der Waals surface area contributed by atoms with Crippen LogP contribution in [-0.2, 0) is 0 Å². The average Bonchev–Trinajstić information content (AvgIpc) is 2.82. The summed E-state index contributed by atoms with van der Waals surface area (Å²) in [5.41, 5.74) is 3.76. The number of benzene rings is 1. The number of furan rings is 1. The first-order valence-corrected chi connectivity index (χ1v) is 6.38. The Kier molecular flexibility index (Phi) is 3.02. The van der Waals surface area contributed by atoms with Crippen molar-refractivity contribution in [2.45, 2.75) is 6.92 Å². The number of hydrogen-bond acceptors (Lipinski definition) is 5. The second-order valence-electron chi connectivity index (χ2n) is 4.89. The average molecular weight is 268 g/mol. The van der Waals surface area contributed by atoms with Gasteiger partial charge in [-0.1, -0.05) is 0 Å². The van der Waals surface area contributed by atoms with Crippen LogP contribution in [0.3, 0.4) is 0 Å². The molecule has 0 aliphatic rings. The SMILES string of the molecule is Cc1coc2ncnc(Nc3ccc(N(C)C)cc3)c12. The molecule has 0 radical (unpaired) electrons. The molecule has 0 aliphatic heterocycles. The summed E-state index contributed by atoms with van der Waals surface area (Å²) in [5.74, 6) is 0.763. The fourth-order valence-electron chi connectivity index (χ4n) is 2.09. The normalized spacial score (nSPS) is 10.8. The van der Waals surface area contributed by atoms with Crippen LogP contribution in [0, 0.1) is 6.92 Å². The topological polar surface area (TPSA) is 54.2 Å². The Hall–Kier alpha value is -2.56. The minimum Gasteiger partial charge on any atom is -0.446 e. The van der Waals surface area contributed by atoms with E-state index in [0.717, 1.165) is 28.1 Å². The number of nitrogens with one attached hydrogen (secondary N) is 1. The van der Waals surface area contributed by atoms with Crippen LogP contribution in [0.25, 0.3) is 11.1 Å². The van der Waals surface area contributed by atoms with Crippen LogP contribution >= 0.6 is 0 Å². The molecule has 3 aromatic rings. The zero-order chi connectivity index (χ0) is 14.1. The second kappa shape index (κ2) is 4.85. The Morgan fingerprint density at radius 1 is 1.10 bits per heavy atom. The molecule has 20 heavy (non-hydrogen) atoms. The first-order valence-electron chi connectivity index (χ1n) is 6.38. The number of rotatable bonds is 3. The van der Waals surface area contributed by atoms with Gasteiger partial charge < -0.3 is 14.6 Å². The largest absolute Gasteiger partial charge is 0.446 e. The molecule has 0 atom stereocenters. The Balaban J connectivity index is 1.95. The van der Waals surface area contributed by atoms with Crippen molar-refractivity contribution in [2.24, 2.45) is 0 Å². The molecule has 0 amide bonds. The van der Waals surface area contributed by atoms with Gasteiger partial charge in [-0.3, -0.25) is 0 Å². The van der Waals surface area contributed by atoms with Crippen molar-refractivity contribution in [1.82, 2.24) is 9.97 Å². The van der Waals surface area contributed by atoms with E-state index in [2.05, 4.69) is 32.3 Å². The van der Waals surface area contributed by atoms with Crippen molar-refractivity contribution in [3.8, 4) is 0 Å². The van der Waals surface area contributed by atoms with Gasteiger partial charge >= 0.3 is 0 Å². The van der Waals surface area contributed by atoms with Crippen LogP contribution in [0.2, 0.25) is 0 Å². The molecule has 0 bridgehead atoms. The van der Waals surface area contributed by atoms with Crippen molar-refractivity contribution < 1.29 is 4.42 Å². The fourth-order valence-corrected chi connectivity index (χ4v) is 2.09. The lowest BCUT2D eigenvalue weighted by Gasteiger charge is -2.13. The number of aromatic nitrogens is 2. The summed E-state index contributed by atoms with van der Waals surface area (Å²) in [4.78, 5) is 10.5. The van der Waals surface area contributed by atoms with E-state index < -0.39 is 0 Å². The predicted molar refractivity (Wildman–Crippen MR) is 80.6 cm³/mol. The van der Waals surface area contributed by atoms with Gasteiger partial charge in [0, 0.05) is 31.0 Å². The minimum absolute atomic E-state index is 0.602. The second-order valence-corrected chi connectivity index (χ2v) is 4.89. The van der Waals surface area contributed by atoms with Gasteiger partial charge in [0.05, 0.1) is 11.6 Å². The Labute approximate surface area is 117 Å². The van der Waals surface area contributed by atoms with Gasteiger partial charge in [0.25, 0.3) is 0 Å². The Morgan fingerprint density at radius 2 is 1.85 bits per heavy atom. The summed E-state index contributed by atoms with van der Waals surface area (Å²) in [6.45, 7) is 1.98. The molecule has 0 saturated heterocycles. The van der Waals surface area contributed by atoms with E-state index >= 15 is 0 Å². The molecule has 5 nitrogen and oxygen atoms in total. The maximum absolute atomic E-state index is 5.38. The standard InChI is InChI=1S/C15H16N4O/c1-10-8-20-15-13(10)14(16-9-17-15)18-11-4-6-12(7-5-11)19(2)3/h4-9H,1-3H3,(H,16,17,18). The van der Waals surface area contributed by atoms with E-state index in [4.69, 9.17) is 4.42 Å². The molecule has 2 heterocycles. The molecule has 1 aromatic carbocycles. The lowest BCUT2D eigenvalue weighted by atomic mass is 10.2. The molecule has 1 N–H and O–H groups in total. The quantitative estimate of drug-likeness (QED) is 0.789. The van der Waals surface area contributed by atoms with Crippen LogP contribution in [0.1, 0.15) is 5.56 Å². The van der Waals surface area contributed by atoms with E-state index in [9.17, 15) is 0 Å². The maximum atomic E-state index is 5.38. The summed E-state index contributed by atoms with van der Waals surface area (Å²) in [7, 11) is 4.04. The van der Waals surface area contributed by atoms with Crippen molar-refractivity contribution in [3.63, 3.8) is 0 Å². The fraction of sp³-hybridized carbons (Fsp3) is 0.200. The maximum Gasteiger partial charge on any atom is 0.231 e. The molecule has 0 spiro atoms. The van der Waals surface area contributed by atoms with Gasteiger partial charge in [0.2, 0.25) is 5.71 Å². The van der Waals surface area contributed by atoms with E-state index in [-0.39, 0.29) is 0 Å². The summed E-state index contributed by atoms with van der Waals surface area (Å²) >= 11 is 0. The zero-order valence-electron chi connectivity index (χ0n) is 11.7. The highest BCUT2D eigenvalue weighted by atomic mass is 16.3. The van der Waals surface area contributed by atoms with Gasteiger partial charge in [-0.25, -0.2) is 9.97 Å². The molecule has 0 unspecified atom stereocenters. The van der Waals surface area contributed by atoms with Gasteiger partial charge in [-0.2, -0.15) is 0 Å². The molecular weight excluding hydrogens is 252 g/mol. The van der Waals surface area contributed by atoms with E-state index in [0.29, 0.717) is 5.71 Å². The number of hydrogen-bond donors (Lipinski definition) is 1. The number of anilines is 3. The molecule has 3 rings (SSSR count). The Morgan fingerprint density at radius 3 is 2.55 bits per heavy atom. The van der Waals surface area contributed by atoms with Crippen molar-refractivity contribution in [3.05, 3.63) is 42.4 Å². The molecule has 0 fully saturated rings. The van der Waals surface area contributed by atoms with Gasteiger partial charge in [-0.05, 0) is 31.2 Å². The highest BCUT2D eigenvalue weighted by Crippen LogP contribution is 2.27. The third-order valence-electron chi connectivity index (χ3n) is 3.20. The first kappa shape index (κ1) is 12.5. The van der Waals surface area contributed by atoms with Crippen LogP contribution in [0.15, 0.2) is 41.3 Å². The van der Waals surface area contributed by atoms with Gasteiger partial charge in [0.1, 0.15) is 12.1 Å². The zero-order valence-corrected chi connectivity index (χ0v) is 11.7. The lowest BCUT2D eigenvalue weighted by Crippen LogP contribution is -2.08. The molecule has 5 heteroatoms. The molecule has 2 aromatic heterocycles. The third-order valence-corrected chi connectivity index (χ3v) is 3.20. The predicted octanol–water partition coefficient (Wildman–Crippen LogP) is 3.34. The van der Waals surface area contributed by atoms with Crippen molar-refractivity contribution in [1.29, 1.82) is 0 Å². The molecule has 0 aliphatic carbocycles. The molecule has 0 saturated carbocycles. The van der Waals surface area contributed by atoms with Crippen molar-refractivity contribution >= 4 is 28.3 Å². The van der Waals surface area contributed by atoms with Gasteiger partial charge in [0.15, 0.2) is 0 Å². The first-order chi connectivity index (χ1) is 9.65. The smallest absolute Gasteiger partial charge is 0.231 e. The third kappa shape index (κ3) is 2.18. The molecule has 102 valence electrons. The lowest BCUT2D eigenvalue weighted by molar-refractivity contribution is 0.600. The van der Waals surface area contributed by atoms with Crippen LogP contribution < -0.4 is 10.2 Å². The van der Waals surface area contributed by atoms with Gasteiger partial charge in [-0.15, -0.1) is 0 Å². The highest BCUT2D eigenvalue weighted by molar-refractivity contribution is 5.90. The van der Waals surface area contributed by atoms with E-state index in [1.807, 2.05) is 33.2 Å². The highest BCUT2D eigenvalue weighted by Gasteiger charge is 2.10. The summed E-state index contributed by atoms with van der Waals surface area (Å²) < 4.78 is 5.38. The van der Waals surface area contributed by atoms with E-state index in [1.54, 1.807) is 6.26 Å². The number of fused-ring (bicyclic) bond motifs is 1. The van der Waals surface area contributed by atoms with Crippen molar-refractivity contribution in [2.75, 3.05) is 24.3 Å². The molecular formula is C15H16N4O.